The van der Waals surface area contributed by atoms with Gasteiger partial charge in [-0.3, -0.25) is 14.4 Å². The molecule has 6 nitrogen and oxygen atoms in total. The monoisotopic (exact) mass is 965 g/mol. The predicted molar refractivity (Wildman–Crippen MR) is 298 cm³/mol. The summed E-state index contributed by atoms with van der Waals surface area (Å²) in [7, 11) is 0. The van der Waals surface area contributed by atoms with Gasteiger partial charge in [-0.25, -0.2) is 0 Å². The Morgan fingerprint density at radius 1 is 0.304 bits per heavy atom. The molecule has 0 aliphatic heterocycles. The molecular formula is C63H112O6. The van der Waals surface area contributed by atoms with Gasteiger partial charge in [-0.05, 0) is 83.5 Å². The average Bonchev–Trinajstić information content (AvgIpc) is 3.35. The lowest BCUT2D eigenvalue weighted by Gasteiger charge is -2.18. The molecule has 0 aromatic heterocycles. The summed E-state index contributed by atoms with van der Waals surface area (Å²) < 4.78 is 16.9. The van der Waals surface area contributed by atoms with Crippen molar-refractivity contribution in [2.45, 2.75) is 309 Å². The number of ether oxygens (including phenoxy) is 3. The highest BCUT2D eigenvalue weighted by Crippen LogP contribution is 2.16. The van der Waals surface area contributed by atoms with Gasteiger partial charge in [-0.2, -0.15) is 0 Å². The van der Waals surface area contributed by atoms with Crippen LogP contribution in [0.3, 0.4) is 0 Å². The molecule has 0 bridgehead atoms. The fraction of sp³-hybridized carbons (Fsp3) is 0.794. The van der Waals surface area contributed by atoms with Crippen molar-refractivity contribution in [3.63, 3.8) is 0 Å². The average molecular weight is 966 g/mol. The van der Waals surface area contributed by atoms with Gasteiger partial charge in [0.1, 0.15) is 13.2 Å². The molecule has 0 rings (SSSR count). The summed E-state index contributed by atoms with van der Waals surface area (Å²) in [5, 5.41) is 0. The van der Waals surface area contributed by atoms with E-state index in [1.54, 1.807) is 0 Å². The van der Waals surface area contributed by atoms with Crippen molar-refractivity contribution in [3.05, 3.63) is 60.8 Å². The van der Waals surface area contributed by atoms with Crippen LogP contribution in [0.2, 0.25) is 0 Å². The second-order valence-electron chi connectivity index (χ2n) is 19.9. The Hall–Kier alpha value is -2.89. The molecule has 1 atom stereocenters. The van der Waals surface area contributed by atoms with Crippen molar-refractivity contribution in [1.82, 2.24) is 0 Å². The molecular weight excluding hydrogens is 853 g/mol. The molecule has 69 heavy (non-hydrogen) atoms. The minimum Gasteiger partial charge on any atom is -0.462 e. The number of carbonyl (C=O) groups excluding carboxylic acids is 3. The van der Waals surface area contributed by atoms with Crippen LogP contribution in [0.5, 0.6) is 0 Å². The summed E-state index contributed by atoms with van der Waals surface area (Å²) in [5.74, 6) is -0.891. The first-order valence-electron chi connectivity index (χ1n) is 29.8. The van der Waals surface area contributed by atoms with Crippen LogP contribution in [0.25, 0.3) is 0 Å². The third-order valence-corrected chi connectivity index (χ3v) is 13.0. The van der Waals surface area contributed by atoms with E-state index in [4.69, 9.17) is 14.2 Å². The lowest BCUT2D eigenvalue weighted by molar-refractivity contribution is -0.167. The van der Waals surface area contributed by atoms with Gasteiger partial charge in [0.25, 0.3) is 0 Å². The molecule has 0 aromatic carbocycles. The molecule has 6 heteroatoms. The van der Waals surface area contributed by atoms with Gasteiger partial charge in [0.15, 0.2) is 6.10 Å². The minimum atomic E-state index is -0.783. The first kappa shape index (κ1) is 66.1. The first-order valence-corrected chi connectivity index (χ1v) is 29.8. The molecule has 0 heterocycles. The van der Waals surface area contributed by atoms with Crippen molar-refractivity contribution in [1.29, 1.82) is 0 Å². The summed E-state index contributed by atoms with van der Waals surface area (Å²) in [5.41, 5.74) is 0. The first-order chi connectivity index (χ1) is 34.0. The number of allylic oxidation sites excluding steroid dienone is 10. The molecule has 0 N–H and O–H groups in total. The molecule has 0 aromatic rings. The molecule has 0 saturated carbocycles. The zero-order valence-corrected chi connectivity index (χ0v) is 45.8. The summed E-state index contributed by atoms with van der Waals surface area (Å²) in [6.45, 7) is 6.53. The standard InChI is InChI=1S/C63H112O6/c1-4-7-10-13-16-19-22-25-27-29-30-31-32-34-36-39-42-45-48-51-54-57-63(66)69-60(58-67-61(64)55-52-49-46-43-40-37-24-21-18-15-12-9-6-3)59-68-62(65)56-53-50-47-44-41-38-35-33-28-26-23-20-17-14-11-8-5-2/h8,11,17,20,25-28,35,38,60H,4-7,9-10,12-16,18-19,21-24,29-34,36-37,39-59H2,1-3H3/b11-8-,20-17-,27-25-,28-26-,38-35-/t60-/m0/s1. The highest BCUT2D eigenvalue weighted by Gasteiger charge is 2.19. The summed E-state index contributed by atoms with van der Waals surface area (Å²) in [6, 6.07) is 0. The van der Waals surface area contributed by atoms with E-state index < -0.39 is 6.10 Å². The molecule has 0 spiro atoms. The smallest absolute Gasteiger partial charge is 0.306 e. The van der Waals surface area contributed by atoms with Gasteiger partial charge in [0, 0.05) is 19.3 Å². The number of carbonyl (C=O) groups is 3. The van der Waals surface area contributed by atoms with Crippen LogP contribution in [0.15, 0.2) is 60.8 Å². The van der Waals surface area contributed by atoms with Crippen molar-refractivity contribution < 1.29 is 28.6 Å². The molecule has 0 amide bonds. The van der Waals surface area contributed by atoms with Crippen molar-refractivity contribution in [3.8, 4) is 0 Å². The van der Waals surface area contributed by atoms with E-state index in [-0.39, 0.29) is 31.1 Å². The summed E-state index contributed by atoms with van der Waals surface area (Å²) in [6.07, 6.45) is 72.1. The van der Waals surface area contributed by atoms with E-state index in [9.17, 15) is 14.4 Å². The van der Waals surface area contributed by atoms with E-state index in [2.05, 4.69) is 81.5 Å². The Bertz CT molecular complexity index is 1250. The summed E-state index contributed by atoms with van der Waals surface area (Å²) in [4.78, 5) is 38.2. The normalized spacial score (nSPS) is 12.4. The van der Waals surface area contributed by atoms with Crippen LogP contribution >= 0.6 is 0 Å². The Kier molecular flexibility index (Phi) is 55.3. The molecule has 0 aliphatic rings. The Morgan fingerprint density at radius 3 is 0.899 bits per heavy atom. The fourth-order valence-corrected chi connectivity index (χ4v) is 8.55. The van der Waals surface area contributed by atoms with E-state index >= 15 is 0 Å². The topological polar surface area (TPSA) is 78.9 Å². The van der Waals surface area contributed by atoms with Gasteiger partial charge in [0.05, 0.1) is 0 Å². The van der Waals surface area contributed by atoms with Crippen LogP contribution in [0.1, 0.15) is 303 Å². The number of hydrogen-bond donors (Lipinski definition) is 0. The lowest BCUT2D eigenvalue weighted by atomic mass is 10.0. The molecule has 400 valence electrons. The molecule has 0 aliphatic carbocycles. The van der Waals surface area contributed by atoms with Gasteiger partial charge >= 0.3 is 17.9 Å². The van der Waals surface area contributed by atoms with Crippen molar-refractivity contribution in [2.24, 2.45) is 0 Å². The Labute approximate surface area is 428 Å². The second kappa shape index (κ2) is 57.7. The maximum atomic E-state index is 12.9. The van der Waals surface area contributed by atoms with E-state index in [1.807, 2.05) is 0 Å². The summed E-state index contributed by atoms with van der Waals surface area (Å²) >= 11 is 0. The van der Waals surface area contributed by atoms with Crippen LogP contribution in [-0.4, -0.2) is 37.2 Å². The Balaban J connectivity index is 4.36. The van der Waals surface area contributed by atoms with E-state index in [0.29, 0.717) is 19.3 Å². The second-order valence-corrected chi connectivity index (χ2v) is 19.9. The molecule has 0 radical (unpaired) electrons. The van der Waals surface area contributed by atoms with Crippen LogP contribution < -0.4 is 0 Å². The number of esters is 3. The number of unbranched alkanes of at least 4 members (excludes halogenated alkanes) is 33. The number of rotatable bonds is 54. The number of hydrogen-bond acceptors (Lipinski definition) is 6. The Morgan fingerprint density at radius 2 is 0.565 bits per heavy atom. The molecule has 0 unspecified atom stereocenters. The minimum absolute atomic E-state index is 0.0794. The highest BCUT2D eigenvalue weighted by molar-refractivity contribution is 5.71. The fourth-order valence-electron chi connectivity index (χ4n) is 8.55. The van der Waals surface area contributed by atoms with Crippen LogP contribution in [-0.2, 0) is 28.6 Å². The maximum Gasteiger partial charge on any atom is 0.306 e. The maximum absolute atomic E-state index is 12.9. The largest absolute Gasteiger partial charge is 0.462 e. The van der Waals surface area contributed by atoms with Crippen molar-refractivity contribution in [2.75, 3.05) is 13.2 Å². The predicted octanol–water partition coefficient (Wildman–Crippen LogP) is 20.0. The van der Waals surface area contributed by atoms with Gasteiger partial charge in [0.2, 0.25) is 0 Å². The van der Waals surface area contributed by atoms with Crippen LogP contribution in [0.4, 0.5) is 0 Å². The van der Waals surface area contributed by atoms with Gasteiger partial charge in [-0.1, -0.05) is 261 Å². The van der Waals surface area contributed by atoms with Gasteiger partial charge in [-0.15, -0.1) is 0 Å². The third-order valence-electron chi connectivity index (χ3n) is 13.0. The quantitative estimate of drug-likeness (QED) is 0.0262. The lowest BCUT2D eigenvalue weighted by Crippen LogP contribution is -2.30. The molecule has 0 saturated heterocycles. The third kappa shape index (κ3) is 55.9. The zero-order chi connectivity index (χ0) is 50.0. The SMILES string of the molecule is CC/C=C\C/C=C\C/C=C\C/C=C\CCCCCCC(=O)OC[C@H](COC(=O)CCCCCCCCCCCCCCC)OC(=O)CCCCCCCCCCCCC/C=C\CCCCCCCC. The van der Waals surface area contributed by atoms with Crippen LogP contribution in [0, 0.1) is 0 Å². The van der Waals surface area contributed by atoms with Gasteiger partial charge < -0.3 is 14.2 Å². The zero-order valence-electron chi connectivity index (χ0n) is 45.8. The van der Waals surface area contributed by atoms with E-state index in [1.165, 1.54) is 167 Å². The van der Waals surface area contributed by atoms with Crippen molar-refractivity contribution >= 4 is 17.9 Å². The highest BCUT2D eigenvalue weighted by atomic mass is 16.6. The molecule has 0 fully saturated rings. The van der Waals surface area contributed by atoms with E-state index in [0.717, 1.165) is 96.3 Å².